The van der Waals surface area contributed by atoms with E-state index in [1.165, 1.54) is 0 Å². The van der Waals surface area contributed by atoms with Crippen molar-refractivity contribution in [3.63, 3.8) is 0 Å². The van der Waals surface area contributed by atoms with Crippen molar-refractivity contribution in [1.82, 2.24) is 9.97 Å². The molecule has 0 fully saturated rings. The molecular weight excluding hydrogens is 260 g/mol. The van der Waals surface area contributed by atoms with Crippen LogP contribution in [0.2, 0.25) is 5.15 Å². The zero-order chi connectivity index (χ0) is 13.2. The number of halogens is 1. The third-order valence-corrected chi connectivity index (χ3v) is 3.21. The normalized spacial score (nSPS) is 12.5. The maximum Gasteiger partial charge on any atom is 0.154 e. The van der Waals surface area contributed by atoms with Crippen molar-refractivity contribution in [1.29, 1.82) is 0 Å². The number of rotatable bonds is 2. The Hall–Kier alpha value is -1.97. The average molecular weight is 271 g/mol. The third-order valence-electron chi connectivity index (χ3n) is 2.93. The quantitative estimate of drug-likeness (QED) is 0.777. The molecule has 0 radical (unpaired) electrons. The molecule has 3 nitrogen and oxygen atoms in total. The van der Waals surface area contributed by atoms with Gasteiger partial charge in [-0.1, -0.05) is 54.1 Å². The average Bonchev–Trinajstić information content (AvgIpc) is 2.47. The zero-order valence-electron chi connectivity index (χ0n) is 9.99. The number of benzene rings is 2. The standard InChI is InChI=1S/C15H11ClN2O/c16-15-13(14(19)10-6-2-1-3-7-10)17-11-8-4-5-9-12(11)18-15/h1-9,14,19H. The number of fused-ring (bicyclic) bond motifs is 1. The van der Waals surface area contributed by atoms with Crippen LogP contribution >= 0.6 is 11.6 Å². The molecule has 0 aliphatic heterocycles. The van der Waals surface area contributed by atoms with Crippen molar-refractivity contribution in [3.8, 4) is 0 Å². The highest BCUT2D eigenvalue weighted by Crippen LogP contribution is 2.27. The Morgan fingerprint density at radius 3 is 2.11 bits per heavy atom. The van der Waals surface area contributed by atoms with E-state index in [4.69, 9.17) is 11.6 Å². The highest BCUT2D eigenvalue weighted by Gasteiger charge is 2.17. The van der Waals surface area contributed by atoms with Crippen LogP contribution in [0.25, 0.3) is 11.0 Å². The maximum atomic E-state index is 10.3. The molecule has 3 rings (SSSR count). The molecule has 1 atom stereocenters. The van der Waals surface area contributed by atoms with E-state index in [0.717, 1.165) is 16.6 Å². The summed E-state index contributed by atoms with van der Waals surface area (Å²) in [6, 6.07) is 16.7. The molecule has 0 amide bonds. The number of aliphatic hydroxyl groups excluding tert-OH is 1. The van der Waals surface area contributed by atoms with Crippen molar-refractivity contribution in [2.45, 2.75) is 6.10 Å². The lowest BCUT2D eigenvalue weighted by Crippen LogP contribution is -2.05. The molecule has 0 aliphatic carbocycles. The van der Waals surface area contributed by atoms with Gasteiger partial charge in [0.2, 0.25) is 0 Å². The Morgan fingerprint density at radius 2 is 1.42 bits per heavy atom. The van der Waals surface area contributed by atoms with Crippen molar-refractivity contribution < 1.29 is 5.11 Å². The molecule has 1 heterocycles. The highest BCUT2D eigenvalue weighted by atomic mass is 35.5. The molecule has 0 spiro atoms. The van der Waals surface area contributed by atoms with E-state index in [1.54, 1.807) is 0 Å². The molecule has 3 aromatic rings. The maximum absolute atomic E-state index is 10.3. The summed E-state index contributed by atoms with van der Waals surface area (Å²) in [6.45, 7) is 0. The highest BCUT2D eigenvalue weighted by molar-refractivity contribution is 6.30. The van der Waals surface area contributed by atoms with Crippen LogP contribution in [0.4, 0.5) is 0 Å². The molecule has 0 bridgehead atoms. The first-order valence-electron chi connectivity index (χ1n) is 5.91. The SMILES string of the molecule is OC(c1ccccc1)c1nc2ccccc2nc1Cl. The molecule has 19 heavy (non-hydrogen) atoms. The molecule has 1 aromatic heterocycles. The molecular formula is C15H11ClN2O. The van der Waals surface area contributed by atoms with Gasteiger partial charge >= 0.3 is 0 Å². The number of para-hydroxylation sites is 2. The first-order chi connectivity index (χ1) is 9.25. The zero-order valence-corrected chi connectivity index (χ0v) is 10.7. The minimum absolute atomic E-state index is 0.232. The molecule has 4 heteroatoms. The Kier molecular flexibility index (Phi) is 3.15. The fourth-order valence-electron chi connectivity index (χ4n) is 1.96. The van der Waals surface area contributed by atoms with Crippen molar-refractivity contribution in [3.05, 3.63) is 71.0 Å². The lowest BCUT2D eigenvalue weighted by atomic mass is 10.1. The second kappa shape index (κ2) is 4.96. The largest absolute Gasteiger partial charge is 0.382 e. The Bertz CT molecular complexity index is 716. The van der Waals surface area contributed by atoms with Gasteiger partial charge in [0.25, 0.3) is 0 Å². The molecule has 2 aromatic carbocycles. The van der Waals surface area contributed by atoms with Gasteiger partial charge in [-0.2, -0.15) is 0 Å². The van der Waals surface area contributed by atoms with E-state index in [1.807, 2.05) is 54.6 Å². The van der Waals surface area contributed by atoms with Gasteiger partial charge in [-0.3, -0.25) is 0 Å². The Labute approximate surface area is 115 Å². The summed E-state index contributed by atoms with van der Waals surface area (Å²) in [5.74, 6) is 0. The van der Waals surface area contributed by atoms with Gasteiger partial charge < -0.3 is 5.11 Å². The Balaban J connectivity index is 2.12. The molecule has 94 valence electrons. The van der Waals surface area contributed by atoms with Crippen LogP contribution in [0.15, 0.2) is 54.6 Å². The number of aromatic nitrogens is 2. The first-order valence-corrected chi connectivity index (χ1v) is 6.28. The molecule has 0 saturated heterocycles. The predicted molar refractivity (Wildman–Crippen MR) is 75.1 cm³/mol. The second-order valence-corrected chi connectivity index (χ2v) is 4.56. The van der Waals surface area contributed by atoms with Crippen LogP contribution in [0.5, 0.6) is 0 Å². The van der Waals surface area contributed by atoms with E-state index in [0.29, 0.717) is 5.69 Å². The fourth-order valence-corrected chi connectivity index (χ4v) is 2.20. The van der Waals surface area contributed by atoms with Crippen LogP contribution in [0.1, 0.15) is 17.4 Å². The van der Waals surface area contributed by atoms with Gasteiger partial charge in [-0.05, 0) is 17.7 Å². The lowest BCUT2D eigenvalue weighted by Gasteiger charge is -2.12. The predicted octanol–water partition coefficient (Wildman–Crippen LogP) is 3.36. The van der Waals surface area contributed by atoms with Gasteiger partial charge in [0.1, 0.15) is 11.8 Å². The number of nitrogens with zero attached hydrogens (tertiary/aromatic N) is 2. The summed E-state index contributed by atoms with van der Waals surface area (Å²) in [7, 11) is 0. The van der Waals surface area contributed by atoms with E-state index in [2.05, 4.69) is 9.97 Å². The van der Waals surface area contributed by atoms with Crippen LogP contribution < -0.4 is 0 Å². The molecule has 1 unspecified atom stereocenters. The van der Waals surface area contributed by atoms with Crippen molar-refractivity contribution >= 4 is 22.6 Å². The smallest absolute Gasteiger partial charge is 0.154 e. The van der Waals surface area contributed by atoms with Gasteiger partial charge in [0.05, 0.1) is 11.0 Å². The minimum atomic E-state index is -0.870. The van der Waals surface area contributed by atoms with E-state index in [-0.39, 0.29) is 5.15 Å². The number of hydrogen-bond donors (Lipinski definition) is 1. The van der Waals surface area contributed by atoms with Crippen LogP contribution in [0.3, 0.4) is 0 Å². The summed E-state index contributed by atoms with van der Waals surface area (Å²) in [6.07, 6.45) is -0.870. The number of hydrogen-bond acceptors (Lipinski definition) is 3. The molecule has 0 saturated carbocycles. The van der Waals surface area contributed by atoms with Crippen LogP contribution in [-0.2, 0) is 0 Å². The molecule has 0 aliphatic rings. The van der Waals surface area contributed by atoms with Crippen molar-refractivity contribution in [2.24, 2.45) is 0 Å². The van der Waals surface area contributed by atoms with Gasteiger partial charge in [-0.25, -0.2) is 9.97 Å². The minimum Gasteiger partial charge on any atom is -0.382 e. The van der Waals surface area contributed by atoms with Crippen LogP contribution in [-0.4, -0.2) is 15.1 Å². The van der Waals surface area contributed by atoms with Crippen molar-refractivity contribution in [2.75, 3.05) is 0 Å². The van der Waals surface area contributed by atoms with Crippen LogP contribution in [0, 0.1) is 0 Å². The van der Waals surface area contributed by atoms with Gasteiger partial charge in [0, 0.05) is 0 Å². The summed E-state index contributed by atoms with van der Waals surface area (Å²) in [4.78, 5) is 8.67. The first kappa shape index (κ1) is 12.1. The van der Waals surface area contributed by atoms with E-state index >= 15 is 0 Å². The molecule has 1 N–H and O–H groups in total. The van der Waals surface area contributed by atoms with Gasteiger partial charge in [-0.15, -0.1) is 0 Å². The van der Waals surface area contributed by atoms with Gasteiger partial charge in [0.15, 0.2) is 5.15 Å². The summed E-state index contributed by atoms with van der Waals surface area (Å²) >= 11 is 6.11. The third kappa shape index (κ3) is 2.30. The van der Waals surface area contributed by atoms with E-state index < -0.39 is 6.10 Å². The number of aliphatic hydroxyl groups is 1. The second-order valence-electron chi connectivity index (χ2n) is 4.20. The summed E-state index contributed by atoms with van der Waals surface area (Å²) in [5, 5.41) is 10.6. The van der Waals surface area contributed by atoms with E-state index in [9.17, 15) is 5.11 Å². The lowest BCUT2D eigenvalue weighted by molar-refractivity contribution is 0.215. The summed E-state index contributed by atoms with van der Waals surface area (Å²) < 4.78 is 0. The topological polar surface area (TPSA) is 46.0 Å². The Morgan fingerprint density at radius 1 is 0.842 bits per heavy atom. The monoisotopic (exact) mass is 270 g/mol. The fraction of sp³-hybridized carbons (Fsp3) is 0.0667. The summed E-state index contributed by atoms with van der Waals surface area (Å²) in [5.41, 5.74) is 2.56.